The summed E-state index contributed by atoms with van der Waals surface area (Å²) in [5, 5.41) is 4.79. The molecule has 142 valence electrons. The smallest absolute Gasteiger partial charge is 0.265 e. The Kier molecular flexibility index (Phi) is 5.78. The highest BCUT2D eigenvalue weighted by Gasteiger charge is 2.22. The van der Waals surface area contributed by atoms with Gasteiger partial charge in [0, 0.05) is 22.8 Å². The molecule has 2 amide bonds. The van der Waals surface area contributed by atoms with E-state index in [9.17, 15) is 9.59 Å². The SMILES string of the molecule is O=C(Nc1cccc(SCC(=O)N2CCCc3ccccc32)c1)c1cccs1. The molecule has 0 saturated heterocycles. The summed E-state index contributed by atoms with van der Waals surface area (Å²) in [6.07, 6.45) is 2.02. The topological polar surface area (TPSA) is 49.4 Å². The minimum absolute atomic E-state index is 0.113. The van der Waals surface area contributed by atoms with Gasteiger partial charge < -0.3 is 10.2 Å². The minimum Gasteiger partial charge on any atom is -0.321 e. The fraction of sp³-hybridized carbons (Fsp3) is 0.182. The molecule has 6 heteroatoms. The second-order valence-corrected chi connectivity index (χ2v) is 8.52. The Morgan fingerprint density at radius 1 is 1.07 bits per heavy atom. The van der Waals surface area contributed by atoms with E-state index in [1.807, 2.05) is 58.8 Å². The quantitative estimate of drug-likeness (QED) is 0.600. The second-order valence-electron chi connectivity index (χ2n) is 6.53. The van der Waals surface area contributed by atoms with Crippen molar-refractivity contribution in [1.29, 1.82) is 0 Å². The first-order chi connectivity index (χ1) is 13.7. The highest BCUT2D eigenvalue weighted by atomic mass is 32.2. The van der Waals surface area contributed by atoms with Crippen molar-refractivity contribution in [2.75, 3.05) is 22.5 Å². The van der Waals surface area contributed by atoms with Gasteiger partial charge in [0.05, 0.1) is 10.6 Å². The van der Waals surface area contributed by atoms with E-state index in [1.54, 1.807) is 6.07 Å². The van der Waals surface area contributed by atoms with Crippen LogP contribution in [0.5, 0.6) is 0 Å². The number of nitrogens with one attached hydrogen (secondary N) is 1. The molecule has 0 bridgehead atoms. The molecule has 0 unspecified atom stereocenters. The van der Waals surface area contributed by atoms with Crippen LogP contribution in [0.15, 0.2) is 70.9 Å². The summed E-state index contributed by atoms with van der Waals surface area (Å²) in [5.41, 5.74) is 3.01. The van der Waals surface area contributed by atoms with Crippen molar-refractivity contribution in [3.8, 4) is 0 Å². The van der Waals surface area contributed by atoms with Crippen LogP contribution in [0.4, 0.5) is 11.4 Å². The van der Waals surface area contributed by atoms with E-state index >= 15 is 0 Å². The Balaban J connectivity index is 1.39. The maximum atomic E-state index is 12.8. The molecule has 0 spiro atoms. The number of anilines is 2. The summed E-state index contributed by atoms with van der Waals surface area (Å²) < 4.78 is 0. The Morgan fingerprint density at radius 2 is 1.96 bits per heavy atom. The number of aryl methyl sites for hydroxylation is 1. The van der Waals surface area contributed by atoms with Crippen molar-refractivity contribution in [2.45, 2.75) is 17.7 Å². The molecular weight excluding hydrogens is 388 g/mol. The van der Waals surface area contributed by atoms with Crippen molar-refractivity contribution >= 4 is 46.3 Å². The molecule has 2 heterocycles. The lowest BCUT2D eigenvalue weighted by molar-refractivity contribution is -0.116. The third kappa shape index (κ3) is 4.29. The number of carbonyl (C=O) groups is 2. The Morgan fingerprint density at radius 3 is 2.82 bits per heavy atom. The van der Waals surface area contributed by atoms with Crippen molar-refractivity contribution in [1.82, 2.24) is 0 Å². The van der Waals surface area contributed by atoms with Crippen LogP contribution in [0.2, 0.25) is 0 Å². The first kappa shape index (κ1) is 18.8. The van der Waals surface area contributed by atoms with Gasteiger partial charge >= 0.3 is 0 Å². The van der Waals surface area contributed by atoms with Gasteiger partial charge in [-0.15, -0.1) is 23.1 Å². The lowest BCUT2D eigenvalue weighted by Gasteiger charge is -2.29. The maximum absolute atomic E-state index is 12.8. The lowest BCUT2D eigenvalue weighted by atomic mass is 10.0. The Labute approximate surface area is 172 Å². The molecule has 1 N–H and O–H groups in total. The molecule has 0 saturated carbocycles. The Bertz CT molecular complexity index is 986. The summed E-state index contributed by atoms with van der Waals surface area (Å²) in [6.45, 7) is 0.771. The fourth-order valence-electron chi connectivity index (χ4n) is 3.28. The van der Waals surface area contributed by atoms with E-state index in [4.69, 9.17) is 0 Å². The van der Waals surface area contributed by atoms with Gasteiger partial charge in [0.25, 0.3) is 5.91 Å². The molecule has 4 nitrogen and oxygen atoms in total. The molecule has 2 aromatic carbocycles. The summed E-state index contributed by atoms with van der Waals surface area (Å²) in [5.74, 6) is 0.375. The summed E-state index contributed by atoms with van der Waals surface area (Å²) in [6, 6.07) is 19.4. The van der Waals surface area contributed by atoms with Crippen LogP contribution < -0.4 is 10.2 Å². The summed E-state index contributed by atoms with van der Waals surface area (Å²) in [4.78, 5) is 28.5. The highest BCUT2D eigenvalue weighted by molar-refractivity contribution is 8.00. The van der Waals surface area contributed by atoms with Gasteiger partial charge in [-0.05, 0) is 54.1 Å². The van der Waals surface area contributed by atoms with Gasteiger partial charge in [0.2, 0.25) is 5.91 Å². The van der Waals surface area contributed by atoms with Crippen molar-refractivity contribution in [3.63, 3.8) is 0 Å². The number of benzene rings is 2. The molecule has 0 aliphatic carbocycles. The van der Waals surface area contributed by atoms with Crippen LogP contribution in [0.3, 0.4) is 0 Å². The zero-order valence-electron chi connectivity index (χ0n) is 15.3. The number of carbonyl (C=O) groups excluding carboxylic acids is 2. The number of hydrogen-bond acceptors (Lipinski definition) is 4. The monoisotopic (exact) mass is 408 g/mol. The lowest BCUT2D eigenvalue weighted by Crippen LogP contribution is -2.36. The van der Waals surface area contributed by atoms with E-state index in [1.165, 1.54) is 28.7 Å². The van der Waals surface area contributed by atoms with Crippen LogP contribution in [-0.2, 0) is 11.2 Å². The Hall–Kier alpha value is -2.57. The normalized spacial score (nSPS) is 13.1. The number of amides is 2. The number of nitrogens with zero attached hydrogens (tertiary/aromatic N) is 1. The fourth-order valence-corrected chi connectivity index (χ4v) is 4.73. The number of rotatable bonds is 5. The maximum Gasteiger partial charge on any atom is 0.265 e. The molecule has 4 rings (SSSR count). The van der Waals surface area contributed by atoms with Gasteiger partial charge in [-0.3, -0.25) is 9.59 Å². The van der Waals surface area contributed by atoms with Crippen molar-refractivity contribution in [2.24, 2.45) is 0 Å². The van der Waals surface area contributed by atoms with Gasteiger partial charge in [-0.1, -0.05) is 30.3 Å². The predicted molar refractivity (Wildman–Crippen MR) is 117 cm³/mol. The third-order valence-electron chi connectivity index (χ3n) is 4.61. The summed E-state index contributed by atoms with van der Waals surface area (Å²) in [7, 11) is 0. The van der Waals surface area contributed by atoms with Crippen LogP contribution in [-0.4, -0.2) is 24.1 Å². The van der Waals surface area contributed by atoms with Crippen LogP contribution >= 0.6 is 23.1 Å². The zero-order valence-corrected chi connectivity index (χ0v) is 16.9. The molecule has 1 aliphatic rings. The highest BCUT2D eigenvalue weighted by Crippen LogP contribution is 2.29. The molecule has 1 aliphatic heterocycles. The van der Waals surface area contributed by atoms with Gasteiger partial charge in [-0.25, -0.2) is 0 Å². The second kappa shape index (κ2) is 8.63. The average molecular weight is 409 g/mol. The van der Waals surface area contributed by atoms with Gasteiger partial charge in [-0.2, -0.15) is 0 Å². The largest absolute Gasteiger partial charge is 0.321 e. The minimum atomic E-state index is -0.113. The third-order valence-corrected chi connectivity index (χ3v) is 6.46. The zero-order chi connectivity index (χ0) is 19.3. The van der Waals surface area contributed by atoms with E-state index in [0.29, 0.717) is 10.6 Å². The number of thiophene rings is 1. The van der Waals surface area contributed by atoms with Crippen LogP contribution in [0, 0.1) is 0 Å². The molecule has 3 aromatic rings. The number of para-hydroxylation sites is 1. The number of hydrogen-bond donors (Lipinski definition) is 1. The van der Waals surface area contributed by atoms with E-state index in [0.717, 1.165) is 35.7 Å². The van der Waals surface area contributed by atoms with Gasteiger partial charge in [0.1, 0.15) is 0 Å². The van der Waals surface area contributed by atoms with Crippen LogP contribution in [0.1, 0.15) is 21.7 Å². The molecule has 1 aromatic heterocycles. The molecular formula is C22H20N2O2S2. The first-order valence-corrected chi connectivity index (χ1v) is 11.0. The molecule has 0 fully saturated rings. The average Bonchev–Trinajstić information content (AvgIpc) is 3.27. The molecule has 0 radical (unpaired) electrons. The standard InChI is InChI=1S/C22H20N2O2S2/c25-21(24-12-4-7-16-6-1-2-10-19(16)24)15-28-18-9-3-8-17(14-18)23-22(26)20-11-5-13-27-20/h1-3,5-6,8-11,13-14H,4,7,12,15H2,(H,23,26). The van der Waals surface area contributed by atoms with Crippen molar-refractivity contribution < 1.29 is 9.59 Å². The first-order valence-electron chi connectivity index (χ1n) is 9.17. The van der Waals surface area contributed by atoms with E-state index in [-0.39, 0.29) is 11.8 Å². The van der Waals surface area contributed by atoms with Crippen LogP contribution in [0.25, 0.3) is 0 Å². The predicted octanol–water partition coefficient (Wildman–Crippen LogP) is 5.07. The summed E-state index contributed by atoms with van der Waals surface area (Å²) >= 11 is 2.91. The van der Waals surface area contributed by atoms with Gasteiger partial charge in [0.15, 0.2) is 0 Å². The number of fused-ring (bicyclic) bond motifs is 1. The molecule has 0 atom stereocenters. The van der Waals surface area contributed by atoms with E-state index < -0.39 is 0 Å². The van der Waals surface area contributed by atoms with Crippen molar-refractivity contribution in [3.05, 3.63) is 76.5 Å². The molecule has 28 heavy (non-hydrogen) atoms. The number of thioether (sulfide) groups is 1. The van der Waals surface area contributed by atoms with E-state index in [2.05, 4.69) is 11.4 Å².